The summed E-state index contributed by atoms with van der Waals surface area (Å²) in [5.41, 5.74) is 3.01. The maximum Gasteiger partial charge on any atom is 0.247 e. The Morgan fingerprint density at radius 1 is 1.33 bits per heavy atom. The fraction of sp³-hybridized carbons (Fsp3) is 0.333. The molecule has 2 aliphatic rings. The monoisotopic (exact) mass is 420 g/mol. The molecule has 1 aromatic heterocycles. The van der Waals surface area contributed by atoms with E-state index in [-0.39, 0.29) is 18.1 Å². The van der Waals surface area contributed by atoms with Crippen molar-refractivity contribution in [3.05, 3.63) is 58.6 Å². The van der Waals surface area contributed by atoms with Crippen molar-refractivity contribution in [2.45, 2.75) is 38.3 Å². The van der Waals surface area contributed by atoms with Crippen LogP contribution in [-0.4, -0.2) is 35.5 Å². The number of methoxy groups -OCH3 is 1. The predicted octanol–water partition coefficient (Wildman–Crippen LogP) is 5.01. The average molecular weight is 421 g/mol. The Labute approximate surface area is 179 Å². The molecule has 3 aromatic rings. The molecule has 0 bridgehead atoms. The number of hydrogen-bond acceptors (Lipinski definition) is 5. The summed E-state index contributed by atoms with van der Waals surface area (Å²) in [7, 11) is 1.66. The van der Waals surface area contributed by atoms with Crippen LogP contribution in [0.25, 0.3) is 16.3 Å². The molecule has 0 saturated carbocycles. The smallest absolute Gasteiger partial charge is 0.247 e. The van der Waals surface area contributed by atoms with Gasteiger partial charge in [0.05, 0.1) is 23.4 Å². The maximum atomic E-state index is 13.0. The van der Waals surface area contributed by atoms with E-state index in [1.807, 2.05) is 41.3 Å². The van der Waals surface area contributed by atoms with Crippen LogP contribution < -0.4 is 9.47 Å². The lowest BCUT2D eigenvalue weighted by Gasteiger charge is -2.21. The third-order valence-corrected chi connectivity index (χ3v) is 6.92. The van der Waals surface area contributed by atoms with E-state index in [2.05, 4.69) is 13.0 Å². The first-order valence-corrected chi connectivity index (χ1v) is 11.2. The van der Waals surface area contributed by atoms with E-state index in [0.29, 0.717) is 0 Å². The number of nitrogens with zero attached hydrogens (tertiary/aromatic N) is 2. The van der Waals surface area contributed by atoms with Crippen LogP contribution in [0.1, 0.15) is 41.9 Å². The number of para-hydroxylation sites is 1. The molecule has 5 rings (SSSR count). The van der Waals surface area contributed by atoms with Gasteiger partial charge in [0, 0.05) is 30.2 Å². The second kappa shape index (κ2) is 7.76. The fourth-order valence-electron chi connectivity index (χ4n) is 4.34. The van der Waals surface area contributed by atoms with Gasteiger partial charge in [-0.1, -0.05) is 12.1 Å². The van der Waals surface area contributed by atoms with E-state index in [4.69, 9.17) is 14.5 Å². The lowest BCUT2D eigenvalue weighted by Crippen LogP contribution is -2.28. The molecular formula is C24H24N2O3S. The zero-order chi connectivity index (χ0) is 20.7. The molecule has 0 spiro atoms. The molecule has 1 saturated heterocycles. The minimum atomic E-state index is 0.00796. The summed E-state index contributed by atoms with van der Waals surface area (Å²) >= 11 is 1.68. The summed E-state index contributed by atoms with van der Waals surface area (Å²) in [4.78, 5) is 19.8. The molecule has 0 unspecified atom stereocenters. The number of fused-ring (bicyclic) bond motifs is 2. The molecule has 1 fully saturated rings. The molecular weight excluding hydrogens is 396 g/mol. The van der Waals surface area contributed by atoms with Gasteiger partial charge in [0.15, 0.2) is 0 Å². The molecule has 6 heteroatoms. The van der Waals surface area contributed by atoms with E-state index < -0.39 is 0 Å². The van der Waals surface area contributed by atoms with Crippen LogP contribution in [0, 0.1) is 0 Å². The first kappa shape index (κ1) is 19.1. The highest BCUT2D eigenvalue weighted by atomic mass is 32.1. The number of carbonyl (C=O) groups is 1. The van der Waals surface area contributed by atoms with Crippen molar-refractivity contribution < 1.29 is 14.3 Å². The largest absolute Gasteiger partial charge is 0.496 e. The SMILES string of the molecule is COc1cc2c(cc1/C=C/C(=O)N1CCC[C@H]1c1nc3ccccc3s1)O[C@H](C)C2. The van der Waals surface area contributed by atoms with Gasteiger partial charge in [-0.2, -0.15) is 0 Å². The minimum absolute atomic E-state index is 0.00796. The van der Waals surface area contributed by atoms with Gasteiger partial charge < -0.3 is 14.4 Å². The standard InChI is InChI=1S/C24H24N2O3S/c1-15-12-17-14-20(28-2)16(13-21(17)29-15)9-10-23(27)26-11-5-7-19(26)24-25-18-6-3-4-8-22(18)30-24/h3-4,6,8-10,13-15,19H,5,7,11-12H2,1-2H3/b10-9+/t15-,19+/m1/s1. The Morgan fingerprint density at radius 3 is 3.03 bits per heavy atom. The van der Waals surface area contributed by atoms with Gasteiger partial charge in [0.25, 0.3) is 0 Å². The van der Waals surface area contributed by atoms with E-state index >= 15 is 0 Å². The number of benzene rings is 2. The van der Waals surface area contributed by atoms with Crippen LogP contribution in [0.5, 0.6) is 11.5 Å². The molecule has 0 aliphatic carbocycles. The van der Waals surface area contributed by atoms with Crippen LogP contribution in [0.15, 0.2) is 42.5 Å². The zero-order valence-corrected chi connectivity index (χ0v) is 17.9. The van der Waals surface area contributed by atoms with Crippen molar-refractivity contribution in [1.29, 1.82) is 0 Å². The van der Waals surface area contributed by atoms with Crippen molar-refractivity contribution in [3.63, 3.8) is 0 Å². The number of thiazole rings is 1. The summed E-state index contributed by atoms with van der Waals surface area (Å²) in [6, 6.07) is 12.2. The lowest BCUT2D eigenvalue weighted by atomic mass is 10.1. The fourth-order valence-corrected chi connectivity index (χ4v) is 5.45. The van der Waals surface area contributed by atoms with Crippen molar-refractivity contribution in [3.8, 4) is 11.5 Å². The molecule has 0 radical (unpaired) electrons. The Morgan fingerprint density at radius 2 is 2.20 bits per heavy atom. The van der Waals surface area contributed by atoms with Gasteiger partial charge in [-0.15, -0.1) is 11.3 Å². The number of amides is 1. The topological polar surface area (TPSA) is 51.7 Å². The van der Waals surface area contributed by atoms with Gasteiger partial charge in [-0.05, 0) is 50.1 Å². The number of carbonyl (C=O) groups excluding carboxylic acids is 1. The number of hydrogen-bond donors (Lipinski definition) is 0. The van der Waals surface area contributed by atoms with Gasteiger partial charge in [0.2, 0.25) is 5.91 Å². The molecule has 2 atom stereocenters. The number of likely N-dealkylation sites (tertiary alicyclic amines) is 1. The second-order valence-electron chi connectivity index (χ2n) is 7.88. The van der Waals surface area contributed by atoms with Crippen LogP contribution in [0.2, 0.25) is 0 Å². The van der Waals surface area contributed by atoms with Crippen LogP contribution in [0.4, 0.5) is 0 Å². The number of aromatic nitrogens is 1. The minimum Gasteiger partial charge on any atom is -0.496 e. The molecule has 154 valence electrons. The third-order valence-electron chi connectivity index (χ3n) is 5.79. The first-order chi connectivity index (χ1) is 14.6. The second-order valence-corrected chi connectivity index (χ2v) is 8.94. The van der Waals surface area contributed by atoms with Crippen molar-refractivity contribution in [2.24, 2.45) is 0 Å². The lowest BCUT2D eigenvalue weighted by molar-refractivity contribution is -0.126. The predicted molar refractivity (Wildman–Crippen MR) is 119 cm³/mol. The Hall–Kier alpha value is -2.86. The average Bonchev–Trinajstić information content (AvgIpc) is 3.47. The summed E-state index contributed by atoms with van der Waals surface area (Å²) in [5.74, 6) is 1.65. The Bertz CT molecular complexity index is 1100. The van der Waals surface area contributed by atoms with Crippen LogP contribution in [-0.2, 0) is 11.2 Å². The summed E-state index contributed by atoms with van der Waals surface area (Å²) in [6.45, 7) is 2.81. The highest BCUT2D eigenvalue weighted by Gasteiger charge is 2.31. The van der Waals surface area contributed by atoms with Gasteiger partial charge in [-0.25, -0.2) is 4.98 Å². The summed E-state index contributed by atoms with van der Waals surface area (Å²) < 4.78 is 12.6. The van der Waals surface area contributed by atoms with Crippen molar-refractivity contribution >= 4 is 33.5 Å². The highest BCUT2D eigenvalue weighted by Crippen LogP contribution is 2.38. The molecule has 2 aliphatic heterocycles. The summed E-state index contributed by atoms with van der Waals surface area (Å²) in [5, 5.41) is 1.02. The van der Waals surface area contributed by atoms with E-state index in [0.717, 1.165) is 59.0 Å². The van der Waals surface area contributed by atoms with Crippen molar-refractivity contribution in [1.82, 2.24) is 9.88 Å². The molecule has 0 N–H and O–H groups in total. The molecule has 3 heterocycles. The molecule has 5 nitrogen and oxygen atoms in total. The van der Waals surface area contributed by atoms with E-state index in [1.165, 1.54) is 4.70 Å². The first-order valence-electron chi connectivity index (χ1n) is 10.3. The molecule has 30 heavy (non-hydrogen) atoms. The van der Waals surface area contributed by atoms with Gasteiger partial charge in [0.1, 0.15) is 22.6 Å². The number of rotatable bonds is 4. The maximum absolute atomic E-state index is 13.0. The zero-order valence-electron chi connectivity index (χ0n) is 17.1. The van der Waals surface area contributed by atoms with E-state index in [1.54, 1.807) is 24.5 Å². The van der Waals surface area contributed by atoms with Crippen LogP contribution in [0.3, 0.4) is 0 Å². The quantitative estimate of drug-likeness (QED) is 0.557. The molecule has 1 amide bonds. The van der Waals surface area contributed by atoms with Crippen LogP contribution >= 0.6 is 11.3 Å². The summed E-state index contributed by atoms with van der Waals surface area (Å²) in [6.07, 6.45) is 6.48. The molecule has 2 aromatic carbocycles. The number of ether oxygens (including phenoxy) is 2. The Balaban J connectivity index is 1.38. The third kappa shape index (κ3) is 3.45. The van der Waals surface area contributed by atoms with E-state index in [9.17, 15) is 4.79 Å². The normalized spacial score (nSPS) is 20.7. The van der Waals surface area contributed by atoms with Crippen molar-refractivity contribution in [2.75, 3.05) is 13.7 Å². The van der Waals surface area contributed by atoms with Gasteiger partial charge in [-0.3, -0.25) is 4.79 Å². The van der Waals surface area contributed by atoms with Gasteiger partial charge >= 0.3 is 0 Å². The Kier molecular flexibility index (Phi) is 4.95. The highest BCUT2D eigenvalue weighted by molar-refractivity contribution is 7.18.